The summed E-state index contributed by atoms with van der Waals surface area (Å²) >= 11 is 0. The van der Waals surface area contributed by atoms with Crippen LogP contribution in [-0.4, -0.2) is 33.0 Å². The first-order chi connectivity index (χ1) is 9.07. The second kappa shape index (κ2) is 4.72. The highest BCUT2D eigenvalue weighted by Crippen LogP contribution is 2.33. The topological polar surface area (TPSA) is 37.4 Å². The van der Waals surface area contributed by atoms with Gasteiger partial charge in [-0.15, -0.1) is 0 Å². The van der Waals surface area contributed by atoms with Crippen LogP contribution in [0, 0.1) is 5.82 Å². The molecule has 0 unspecified atom stereocenters. The molecule has 2 aliphatic rings. The summed E-state index contributed by atoms with van der Waals surface area (Å²) in [5.74, 6) is -0.505. The van der Waals surface area contributed by atoms with Crippen molar-refractivity contribution in [3.8, 4) is 0 Å². The lowest BCUT2D eigenvalue weighted by Crippen LogP contribution is -2.32. The lowest BCUT2D eigenvalue weighted by molar-refractivity contribution is 0.250. The number of piperidine rings is 1. The summed E-state index contributed by atoms with van der Waals surface area (Å²) in [5, 5.41) is 0. The fourth-order valence-electron chi connectivity index (χ4n) is 2.72. The van der Waals surface area contributed by atoms with E-state index in [-0.39, 0.29) is 4.90 Å². The Bertz CT molecular complexity index is 631. The number of halogens is 1. The van der Waals surface area contributed by atoms with E-state index in [1.54, 1.807) is 6.08 Å². The third-order valence-electron chi connectivity index (χ3n) is 3.75. The van der Waals surface area contributed by atoms with Gasteiger partial charge in [0.05, 0.1) is 9.80 Å². The molecule has 1 saturated heterocycles. The van der Waals surface area contributed by atoms with E-state index < -0.39 is 15.7 Å². The van der Waals surface area contributed by atoms with Crippen LogP contribution in [0.25, 0.3) is 6.08 Å². The molecular weight excluding hydrogens is 265 g/mol. The second-order valence-electron chi connectivity index (χ2n) is 5.13. The molecule has 0 bridgehead atoms. The summed E-state index contributed by atoms with van der Waals surface area (Å²) in [6.45, 7) is 2.33. The molecule has 1 fully saturated rings. The van der Waals surface area contributed by atoms with E-state index in [4.69, 9.17) is 0 Å². The van der Waals surface area contributed by atoms with E-state index in [0.717, 1.165) is 32.0 Å². The molecule has 0 amide bonds. The molecule has 2 aliphatic heterocycles. The summed E-state index contributed by atoms with van der Waals surface area (Å²) < 4.78 is 37.9. The molecule has 3 nitrogen and oxygen atoms in total. The summed E-state index contributed by atoms with van der Waals surface area (Å²) in [6.07, 6.45) is 5.14. The van der Waals surface area contributed by atoms with Crippen LogP contribution >= 0.6 is 0 Å². The van der Waals surface area contributed by atoms with Crippen LogP contribution in [0.4, 0.5) is 4.39 Å². The highest BCUT2D eigenvalue weighted by atomic mass is 32.2. The third kappa shape index (κ3) is 2.32. The molecule has 0 radical (unpaired) electrons. The Kier molecular flexibility index (Phi) is 3.19. The first-order valence-electron chi connectivity index (χ1n) is 6.55. The first kappa shape index (κ1) is 12.8. The summed E-state index contributed by atoms with van der Waals surface area (Å²) in [5.41, 5.74) is 0.605. The largest absolute Gasteiger partial charge is 0.298 e. The Morgan fingerprint density at radius 3 is 2.63 bits per heavy atom. The molecule has 0 aliphatic carbocycles. The molecule has 1 aromatic carbocycles. The molecule has 19 heavy (non-hydrogen) atoms. The molecule has 102 valence electrons. The van der Waals surface area contributed by atoms with Gasteiger partial charge in [-0.25, -0.2) is 12.8 Å². The average Bonchev–Trinajstić information content (AvgIpc) is 2.63. The van der Waals surface area contributed by atoms with Crippen LogP contribution in [0.2, 0.25) is 0 Å². The van der Waals surface area contributed by atoms with Gasteiger partial charge in [-0.1, -0.05) is 12.5 Å². The third-order valence-corrected chi connectivity index (χ3v) is 5.62. The number of benzene rings is 1. The summed E-state index contributed by atoms with van der Waals surface area (Å²) in [4.78, 5) is 2.67. The molecule has 0 saturated carbocycles. The Morgan fingerprint density at radius 2 is 1.89 bits per heavy atom. The van der Waals surface area contributed by atoms with Gasteiger partial charge in [-0.3, -0.25) is 4.90 Å². The van der Waals surface area contributed by atoms with Crippen LogP contribution in [-0.2, 0) is 9.84 Å². The zero-order valence-electron chi connectivity index (χ0n) is 10.6. The molecule has 1 aromatic rings. The van der Waals surface area contributed by atoms with Gasteiger partial charge in [-0.2, -0.15) is 0 Å². The maximum Gasteiger partial charge on any atom is 0.204 e. The number of rotatable bonds is 2. The minimum atomic E-state index is -3.49. The second-order valence-corrected chi connectivity index (χ2v) is 7.10. The van der Waals surface area contributed by atoms with Gasteiger partial charge < -0.3 is 0 Å². The Hall–Kier alpha value is -1.20. The summed E-state index contributed by atoms with van der Waals surface area (Å²) in [7, 11) is -3.49. The Balaban J connectivity index is 1.88. The van der Waals surface area contributed by atoms with Crippen molar-refractivity contribution in [2.45, 2.75) is 24.2 Å². The van der Waals surface area contributed by atoms with Crippen LogP contribution in [0.1, 0.15) is 24.8 Å². The smallest absolute Gasteiger partial charge is 0.204 e. The van der Waals surface area contributed by atoms with Gasteiger partial charge >= 0.3 is 0 Å². The number of fused-ring (bicyclic) bond motifs is 1. The predicted molar refractivity (Wildman–Crippen MR) is 71.9 cm³/mol. The zero-order chi connectivity index (χ0) is 13.5. The van der Waals surface area contributed by atoms with E-state index in [0.29, 0.717) is 17.0 Å². The number of nitrogens with zero attached hydrogens (tertiary/aromatic N) is 1. The van der Waals surface area contributed by atoms with Gasteiger partial charge in [-0.05, 0) is 49.7 Å². The van der Waals surface area contributed by atoms with E-state index in [1.807, 2.05) is 0 Å². The minimum Gasteiger partial charge on any atom is -0.298 e. The zero-order valence-corrected chi connectivity index (χ0v) is 11.4. The predicted octanol–water partition coefficient (Wildman–Crippen LogP) is 2.44. The van der Waals surface area contributed by atoms with Gasteiger partial charge in [0.2, 0.25) is 9.84 Å². The van der Waals surface area contributed by atoms with Crippen LogP contribution in [0.5, 0.6) is 0 Å². The molecule has 0 aromatic heterocycles. The van der Waals surface area contributed by atoms with Gasteiger partial charge in [0.25, 0.3) is 0 Å². The SMILES string of the molecule is O=S1(=O)C(CN2CCCCC2)=Cc2ccc(F)cc21. The van der Waals surface area contributed by atoms with Crippen LogP contribution in [0.15, 0.2) is 28.0 Å². The molecule has 0 N–H and O–H groups in total. The van der Waals surface area contributed by atoms with Crippen LogP contribution < -0.4 is 0 Å². The van der Waals surface area contributed by atoms with Crippen molar-refractivity contribution in [1.29, 1.82) is 0 Å². The highest BCUT2D eigenvalue weighted by molar-refractivity contribution is 7.95. The number of sulfone groups is 1. The standard InChI is InChI=1S/C14H16FNO2S/c15-12-5-4-11-8-13(19(17,18)14(11)9-12)10-16-6-2-1-3-7-16/h4-5,8-9H,1-3,6-7,10H2. The quantitative estimate of drug-likeness (QED) is 0.835. The monoisotopic (exact) mass is 281 g/mol. The molecule has 5 heteroatoms. The van der Waals surface area contributed by atoms with Crippen molar-refractivity contribution < 1.29 is 12.8 Å². The van der Waals surface area contributed by atoms with Crippen molar-refractivity contribution in [1.82, 2.24) is 4.90 Å². The maximum atomic E-state index is 13.2. The Morgan fingerprint density at radius 1 is 1.16 bits per heavy atom. The van der Waals surface area contributed by atoms with Gasteiger partial charge in [0, 0.05) is 6.54 Å². The molecule has 0 spiro atoms. The maximum absolute atomic E-state index is 13.2. The van der Waals surface area contributed by atoms with Crippen molar-refractivity contribution in [2.24, 2.45) is 0 Å². The molecule has 3 rings (SSSR count). The Labute approximate surface area is 112 Å². The first-order valence-corrected chi connectivity index (χ1v) is 8.03. The fraction of sp³-hybridized carbons (Fsp3) is 0.429. The lowest BCUT2D eigenvalue weighted by Gasteiger charge is -2.26. The molecule has 2 heterocycles. The minimum absolute atomic E-state index is 0.111. The molecular formula is C14H16FNO2S. The van der Waals surface area contributed by atoms with E-state index >= 15 is 0 Å². The van der Waals surface area contributed by atoms with Crippen molar-refractivity contribution >= 4 is 15.9 Å². The van der Waals surface area contributed by atoms with Crippen molar-refractivity contribution in [3.63, 3.8) is 0 Å². The molecule has 0 atom stereocenters. The van der Waals surface area contributed by atoms with Gasteiger partial charge in [0.15, 0.2) is 0 Å². The lowest BCUT2D eigenvalue weighted by atomic mass is 10.1. The van der Waals surface area contributed by atoms with E-state index in [9.17, 15) is 12.8 Å². The van der Waals surface area contributed by atoms with E-state index in [2.05, 4.69) is 4.90 Å². The van der Waals surface area contributed by atoms with E-state index in [1.165, 1.54) is 18.6 Å². The highest BCUT2D eigenvalue weighted by Gasteiger charge is 2.31. The fourth-order valence-corrected chi connectivity index (χ4v) is 4.34. The number of hydrogen-bond donors (Lipinski definition) is 0. The summed E-state index contributed by atoms with van der Waals surface area (Å²) in [6, 6.07) is 3.95. The van der Waals surface area contributed by atoms with Crippen molar-refractivity contribution in [2.75, 3.05) is 19.6 Å². The normalized spacial score (nSPS) is 22.1. The van der Waals surface area contributed by atoms with Crippen molar-refractivity contribution in [3.05, 3.63) is 34.5 Å². The number of hydrogen-bond acceptors (Lipinski definition) is 3. The van der Waals surface area contributed by atoms with Crippen LogP contribution in [0.3, 0.4) is 0 Å². The average molecular weight is 281 g/mol. The van der Waals surface area contributed by atoms with Gasteiger partial charge in [0.1, 0.15) is 5.82 Å². The number of likely N-dealkylation sites (tertiary alicyclic amines) is 1.